The van der Waals surface area contributed by atoms with E-state index in [0.29, 0.717) is 12.0 Å². The number of likely N-dealkylation sites (N-methyl/N-ethyl adjacent to an activating group) is 1. The van der Waals surface area contributed by atoms with E-state index in [1.165, 1.54) is 11.1 Å². The lowest BCUT2D eigenvalue weighted by molar-refractivity contribution is 0.469. The molecule has 0 aliphatic rings. The average Bonchev–Trinajstić information content (AvgIpc) is 2.84. The first-order valence-electron chi connectivity index (χ1n) is 7.90. The normalized spacial score (nSPS) is 12.8. The quantitative estimate of drug-likeness (QED) is 0.840. The van der Waals surface area contributed by atoms with Crippen molar-refractivity contribution in [2.24, 2.45) is 5.92 Å². The van der Waals surface area contributed by atoms with Gasteiger partial charge >= 0.3 is 0 Å². The fraction of sp³-hybridized carbons (Fsp3) is 0.500. The highest BCUT2D eigenvalue weighted by Crippen LogP contribution is 2.18. The number of rotatable bonds is 7. The van der Waals surface area contributed by atoms with Crippen LogP contribution in [0.5, 0.6) is 0 Å². The van der Waals surface area contributed by atoms with Crippen molar-refractivity contribution in [1.82, 2.24) is 14.9 Å². The van der Waals surface area contributed by atoms with Crippen molar-refractivity contribution < 1.29 is 0 Å². The fourth-order valence-electron chi connectivity index (χ4n) is 2.69. The van der Waals surface area contributed by atoms with E-state index in [4.69, 9.17) is 0 Å². The summed E-state index contributed by atoms with van der Waals surface area (Å²) in [4.78, 5) is 4.31. The minimum atomic E-state index is 0.330. The highest BCUT2D eigenvalue weighted by Gasteiger charge is 2.12. The Hall–Kier alpha value is -1.61. The first kappa shape index (κ1) is 15.8. The summed E-state index contributed by atoms with van der Waals surface area (Å²) in [6.45, 7) is 10.6. The lowest BCUT2D eigenvalue weighted by Crippen LogP contribution is -2.25. The van der Waals surface area contributed by atoms with Gasteiger partial charge in [0.25, 0.3) is 0 Å². The third-order valence-corrected chi connectivity index (χ3v) is 3.78. The summed E-state index contributed by atoms with van der Waals surface area (Å²) in [7, 11) is 0. The van der Waals surface area contributed by atoms with Gasteiger partial charge in [-0.1, -0.05) is 45.0 Å². The molecular weight excluding hydrogens is 258 g/mol. The molecule has 1 heterocycles. The van der Waals surface area contributed by atoms with Gasteiger partial charge in [0.2, 0.25) is 0 Å². The zero-order chi connectivity index (χ0) is 15.2. The van der Waals surface area contributed by atoms with Crippen LogP contribution in [0.4, 0.5) is 0 Å². The molecule has 1 aromatic heterocycles. The SMILES string of the molecule is CCNC(Cn1ccnc1C)c1ccc(CC(C)C)cc1. The third-order valence-electron chi connectivity index (χ3n) is 3.78. The van der Waals surface area contributed by atoms with Crippen LogP contribution in [0.15, 0.2) is 36.7 Å². The van der Waals surface area contributed by atoms with Crippen molar-refractivity contribution in [1.29, 1.82) is 0 Å². The zero-order valence-corrected chi connectivity index (χ0v) is 13.6. The standard InChI is InChI=1S/C18H27N3/c1-5-19-18(13-21-11-10-20-15(21)4)17-8-6-16(7-9-17)12-14(2)3/h6-11,14,18-19H,5,12-13H2,1-4H3. The van der Waals surface area contributed by atoms with Crippen LogP contribution in [0.25, 0.3) is 0 Å². The van der Waals surface area contributed by atoms with Crippen molar-refractivity contribution in [3.8, 4) is 0 Å². The van der Waals surface area contributed by atoms with Gasteiger partial charge in [-0.05, 0) is 36.9 Å². The Morgan fingerprint density at radius 2 is 1.90 bits per heavy atom. The van der Waals surface area contributed by atoms with E-state index in [2.05, 4.69) is 66.8 Å². The van der Waals surface area contributed by atoms with E-state index in [1.54, 1.807) is 0 Å². The van der Waals surface area contributed by atoms with Crippen molar-refractivity contribution in [2.45, 2.75) is 46.7 Å². The van der Waals surface area contributed by atoms with Gasteiger partial charge in [0.05, 0.1) is 6.04 Å². The maximum Gasteiger partial charge on any atom is 0.105 e. The predicted octanol–water partition coefficient (Wildman–Crippen LogP) is 3.74. The van der Waals surface area contributed by atoms with Gasteiger partial charge < -0.3 is 9.88 Å². The predicted molar refractivity (Wildman–Crippen MR) is 88.4 cm³/mol. The Balaban J connectivity index is 2.12. The van der Waals surface area contributed by atoms with E-state index in [9.17, 15) is 0 Å². The monoisotopic (exact) mass is 285 g/mol. The average molecular weight is 285 g/mol. The van der Waals surface area contributed by atoms with Crippen LogP contribution < -0.4 is 5.32 Å². The van der Waals surface area contributed by atoms with E-state index in [0.717, 1.165) is 25.3 Å². The number of aromatic nitrogens is 2. The summed E-state index contributed by atoms with van der Waals surface area (Å²) < 4.78 is 2.20. The Bertz CT molecular complexity index is 540. The molecule has 0 amide bonds. The largest absolute Gasteiger partial charge is 0.333 e. The molecule has 3 nitrogen and oxygen atoms in total. The first-order chi connectivity index (χ1) is 10.1. The second kappa shape index (κ2) is 7.41. The smallest absolute Gasteiger partial charge is 0.105 e. The molecule has 2 rings (SSSR count). The van der Waals surface area contributed by atoms with Crippen molar-refractivity contribution in [3.63, 3.8) is 0 Å². The summed E-state index contributed by atoms with van der Waals surface area (Å²) in [5.41, 5.74) is 2.76. The van der Waals surface area contributed by atoms with Gasteiger partial charge in [0.1, 0.15) is 5.82 Å². The molecule has 0 bridgehead atoms. The van der Waals surface area contributed by atoms with Crippen LogP contribution in [0.2, 0.25) is 0 Å². The van der Waals surface area contributed by atoms with Crippen LogP contribution in [0, 0.1) is 12.8 Å². The number of hydrogen-bond donors (Lipinski definition) is 1. The van der Waals surface area contributed by atoms with Crippen molar-refractivity contribution >= 4 is 0 Å². The van der Waals surface area contributed by atoms with Crippen LogP contribution >= 0.6 is 0 Å². The maximum atomic E-state index is 4.31. The van der Waals surface area contributed by atoms with Crippen molar-refractivity contribution in [3.05, 3.63) is 53.6 Å². The Labute approximate surface area is 128 Å². The number of imidazole rings is 1. The molecule has 114 valence electrons. The van der Waals surface area contributed by atoms with Gasteiger partial charge in [-0.2, -0.15) is 0 Å². The van der Waals surface area contributed by atoms with E-state index in [-0.39, 0.29) is 0 Å². The number of hydrogen-bond acceptors (Lipinski definition) is 2. The van der Waals surface area contributed by atoms with Gasteiger partial charge in [-0.25, -0.2) is 4.98 Å². The molecule has 0 spiro atoms. The zero-order valence-electron chi connectivity index (χ0n) is 13.6. The highest BCUT2D eigenvalue weighted by molar-refractivity contribution is 5.25. The van der Waals surface area contributed by atoms with E-state index in [1.807, 2.05) is 12.4 Å². The molecule has 0 aliphatic carbocycles. The lowest BCUT2D eigenvalue weighted by Gasteiger charge is -2.20. The molecule has 0 radical (unpaired) electrons. The molecule has 21 heavy (non-hydrogen) atoms. The minimum absolute atomic E-state index is 0.330. The molecule has 0 aliphatic heterocycles. The summed E-state index contributed by atoms with van der Waals surface area (Å²) in [6.07, 6.45) is 5.06. The van der Waals surface area contributed by atoms with E-state index >= 15 is 0 Å². The summed E-state index contributed by atoms with van der Waals surface area (Å²) in [5.74, 6) is 1.77. The summed E-state index contributed by atoms with van der Waals surface area (Å²) in [5, 5.41) is 3.58. The molecule has 2 aromatic rings. The van der Waals surface area contributed by atoms with Gasteiger partial charge in [0, 0.05) is 18.9 Å². The molecule has 1 unspecified atom stereocenters. The molecule has 1 aromatic carbocycles. The van der Waals surface area contributed by atoms with Crippen LogP contribution in [0.3, 0.4) is 0 Å². The Kier molecular flexibility index (Phi) is 5.57. The number of aryl methyl sites for hydroxylation is 1. The fourth-order valence-corrected chi connectivity index (χ4v) is 2.69. The molecular formula is C18H27N3. The van der Waals surface area contributed by atoms with Gasteiger partial charge in [-0.3, -0.25) is 0 Å². The summed E-state index contributed by atoms with van der Waals surface area (Å²) in [6, 6.07) is 9.38. The molecule has 1 atom stereocenters. The molecule has 3 heteroatoms. The molecule has 0 fully saturated rings. The number of nitrogens with zero attached hydrogens (tertiary/aromatic N) is 2. The van der Waals surface area contributed by atoms with Crippen molar-refractivity contribution in [2.75, 3.05) is 6.54 Å². The van der Waals surface area contributed by atoms with E-state index < -0.39 is 0 Å². The topological polar surface area (TPSA) is 29.9 Å². The van der Waals surface area contributed by atoms with Crippen LogP contribution in [-0.2, 0) is 13.0 Å². The Morgan fingerprint density at radius 3 is 2.43 bits per heavy atom. The van der Waals surface area contributed by atoms with Gasteiger partial charge in [0.15, 0.2) is 0 Å². The second-order valence-electron chi connectivity index (χ2n) is 6.08. The van der Waals surface area contributed by atoms with Crippen LogP contribution in [-0.4, -0.2) is 16.1 Å². The second-order valence-corrected chi connectivity index (χ2v) is 6.08. The lowest BCUT2D eigenvalue weighted by atomic mass is 9.99. The van der Waals surface area contributed by atoms with Gasteiger partial charge in [-0.15, -0.1) is 0 Å². The number of benzene rings is 1. The Morgan fingerprint density at radius 1 is 1.19 bits per heavy atom. The molecule has 0 saturated carbocycles. The molecule has 0 saturated heterocycles. The highest BCUT2D eigenvalue weighted by atomic mass is 15.1. The minimum Gasteiger partial charge on any atom is -0.333 e. The maximum absolute atomic E-state index is 4.31. The summed E-state index contributed by atoms with van der Waals surface area (Å²) >= 11 is 0. The van der Waals surface area contributed by atoms with Crippen LogP contribution in [0.1, 0.15) is 43.8 Å². The molecule has 1 N–H and O–H groups in total. The third kappa shape index (κ3) is 4.43. The number of nitrogens with one attached hydrogen (secondary N) is 1. The first-order valence-corrected chi connectivity index (χ1v) is 7.90.